The van der Waals surface area contributed by atoms with Gasteiger partial charge in [0.05, 0.1) is 23.6 Å². The maximum absolute atomic E-state index is 13.6. The highest BCUT2D eigenvalue weighted by atomic mass is 16.4. The molecule has 1 aromatic carbocycles. The molecule has 0 amide bonds. The van der Waals surface area contributed by atoms with Gasteiger partial charge in [-0.3, -0.25) is 14.5 Å². The van der Waals surface area contributed by atoms with Crippen LogP contribution in [0.3, 0.4) is 0 Å². The number of ketones is 2. The normalized spacial score (nSPS) is 36.0. The van der Waals surface area contributed by atoms with Crippen LogP contribution in [0, 0.1) is 11.8 Å². The Morgan fingerprint density at radius 2 is 1.73 bits per heavy atom. The molecule has 4 rings (SSSR count). The summed E-state index contributed by atoms with van der Waals surface area (Å²) in [6.07, 6.45) is -1.43. The van der Waals surface area contributed by atoms with Crippen LogP contribution < -0.4 is 0 Å². The van der Waals surface area contributed by atoms with E-state index in [1.807, 2.05) is 0 Å². The Morgan fingerprint density at radius 3 is 2.33 bits per heavy atom. The Bertz CT molecular complexity index is 1040. The van der Waals surface area contributed by atoms with Crippen LogP contribution in [0.25, 0.3) is 5.76 Å². The van der Waals surface area contributed by atoms with Crippen molar-refractivity contribution in [1.82, 2.24) is 4.90 Å². The molecule has 8 nitrogen and oxygen atoms in total. The number of carbonyl (C=O) groups is 2. The molecule has 6 atom stereocenters. The maximum atomic E-state index is 13.6. The minimum absolute atomic E-state index is 0.0649. The summed E-state index contributed by atoms with van der Waals surface area (Å²) in [5.41, 5.74) is -2.39. The van der Waals surface area contributed by atoms with Crippen LogP contribution in [0.2, 0.25) is 0 Å². The van der Waals surface area contributed by atoms with Crippen molar-refractivity contribution in [2.24, 2.45) is 11.8 Å². The first-order valence-electron chi connectivity index (χ1n) is 9.77. The zero-order valence-electron chi connectivity index (χ0n) is 17.1. The largest absolute Gasteiger partial charge is 0.508 e. The summed E-state index contributed by atoms with van der Waals surface area (Å²) in [7, 11) is 3.19. The molecule has 0 aliphatic heterocycles. The van der Waals surface area contributed by atoms with Crippen LogP contribution in [0.1, 0.15) is 30.9 Å². The number of aromatic hydroxyl groups is 1. The average molecular weight is 415 g/mol. The lowest BCUT2D eigenvalue weighted by Gasteiger charge is -2.53. The minimum atomic E-state index is -2.58. The number of phenols is 1. The fourth-order valence-corrected chi connectivity index (χ4v) is 5.51. The first-order chi connectivity index (χ1) is 14.0. The van der Waals surface area contributed by atoms with E-state index in [9.17, 15) is 35.1 Å². The number of aliphatic hydroxyl groups excluding tert-OH is 3. The van der Waals surface area contributed by atoms with Gasteiger partial charge in [-0.05, 0) is 38.6 Å². The summed E-state index contributed by atoms with van der Waals surface area (Å²) in [6.45, 7) is 3.06. The van der Waals surface area contributed by atoms with E-state index in [1.165, 1.54) is 17.9 Å². The molecule has 30 heavy (non-hydrogen) atoms. The average Bonchev–Trinajstić information content (AvgIpc) is 2.69. The van der Waals surface area contributed by atoms with Crippen LogP contribution in [-0.4, -0.2) is 73.8 Å². The van der Waals surface area contributed by atoms with Gasteiger partial charge < -0.3 is 25.5 Å². The molecular formula is C22H25NO7. The molecule has 1 fully saturated rings. The summed E-state index contributed by atoms with van der Waals surface area (Å²) >= 11 is 0. The van der Waals surface area contributed by atoms with Gasteiger partial charge in [-0.25, -0.2) is 0 Å². The summed E-state index contributed by atoms with van der Waals surface area (Å²) in [4.78, 5) is 28.0. The van der Waals surface area contributed by atoms with Gasteiger partial charge in [0.15, 0.2) is 11.4 Å². The highest BCUT2D eigenvalue weighted by Crippen LogP contribution is 2.55. The molecule has 0 heterocycles. The maximum Gasteiger partial charge on any atom is 0.202 e. The molecule has 0 saturated heterocycles. The van der Waals surface area contributed by atoms with Gasteiger partial charge in [0.1, 0.15) is 17.3 Å². The van der Waals surface area contributed by atoms with Crippen molar-refractivity contribution < 1.29 is 35.1 Å². The summed E-state index contributed by atoms with van der Waals surface area (Å²) in [5, 5.41) is 54.7. The van der Waals surface area contributed by atoms with Gasteiger partial charge in [-0.2, -0.15) is 0 Å². The molecule has 0 radical (unpaired) electrons. The number of hydrogen-bond donors (Lipinski definition) is 5. The van der Waals surface area contributed by atoms with Crippen molar-refractivity contribution >= 4 is 17.3 Å². The predicted molar refractivity (Wildman–Crippen MR) is 107 cm³/mol. The van der Waals surface area contributed by atoms with E-state index in [2.05, 4.69) is 0 Å². The van der Waals surface area contributed by atoms with Gasteiger partial charge >= 0.3 is 0 Å². The third-order valence-electron chi connectivity index (χ3n) is 6.99. The van der Waals surface area contributed by atoms with Crippen molar-refractivity contribution in [3.05, 3.63) is 46.2 Å². The Hall–Kier alpha value is -2.68. The minimum Gasteiger partial charge on any atom is -0.508 e. The number of rotatable bonds is 1. The van der Waals surface area contributed by atoms with Crippen LogP contribution in [0.15, 0.2) is 35.1 Å². The topological polar surface area (TPSA) is 139 Å². The van der Waals surface area contributed by atoms with E-state index in [1.54, 1.807) is 33.2 Å². The zero-order valence-corrected chi connectivity index (χ0v) is 17.1. The highest BCUT2D eigenvalue weighted by molar-refractivity contribution is 6.14. The Morgan fingerprint density at radius 1 is 1.10 bits per heavy atom. The van der Waals surface area contributed by atoms with Crippen LogP contribution >= 0.6 is 0 Å². The number of hydrogen-bond acceptors (Lipinski definition) is 8. The predicted octanol–water partition coefficient (Wildman–Crippen LogP) is 1.03. The molecule has 0 aromatic heterocycles. The lowest BCUT2D eigenvalue weighted by atomic mass is 9.54. The number of fused-ring (bicyclic) bond motifs is 3. The fourth-order valence-electron chi connectivity index (χ4n) is 5.51. The monoisotopic (exact) mass is 415 g/mol. The van der Waals surface area contributed by atoms with Gasteiger partial charge in [0.2, 0.25) is 5.78 Å². The first-order valence-corrected chi connectivity index (χ1v) is 9.77. The van der Waals surface area contributed by atoms with Gasteiger partial charge in [-0.1, -0.05) is 19.1 Å². The third-order valence-corrected chi connectivity index (χ3v) is 6.99. The van der Waals surface area contributed by atoms with E-state index >= 15 is 0 Å². The molecule has 0 spiro atoms. The lowest BCUT2D eigenvalue weighted by Crippen LogP contribution is -2.69. The molecule has 5 N–H and O–H groups in total. The van der Waals surface area contributed by atoms with Crippen LogP contribution in [0.4, 0.5) is 0 Å². The zero-order chi connectivity index (χ0) is 22.3. The molecule has 3 aliphatic rings. The second kappa shape index (κ2) is 6.41. The summed E-state index contributed by atoms with van der Waals surface area (Å²) < 4.78 is 0. The van der Waals surface area contributed by atoms with E-state index in [0.29, 0.717) is 5.56 Å². The van der Waals surface area contributed by atoms with Crippen LogP contribution in [-0.2, 0) is 9.59 Å². The van der Waals surface area contributed by atoms with Crippen LogP contribution in [0.5, 0.6) is 5.75 Å². The number of nitrogens with zero attached hydrogens (tertiary/aromatic N) is 1. The van der Waals surface area contributed by atoms with Gasteiger partial charge in [0.25, 0.3) is 0 Å². The molecule has 0 bridgehead atoms. The van der Waals surface area contributed by atoms with Crippen molar-refractivity contribution in [1.29, 1.82) is 0 Å². The molecular weight excluding hydrogens is 390 g/mol. The van der Waals surface area contributed by atoms with E-state index in [4.69, 9.17) is 0 Å². The van der Waals surface area contributed by atoms with Crippen molar-refractivity contribution in [3.8, 4) is 5.75 Å². The van der Waals surface area contributed by atoms with Crippen molar-refractivity contribution in [3.63, 3.8) is 0 Å². The first kappa shape index (κ1) is 20.6. The number of likely N-dealkylation sites (N-methyl/N-ethyl adjacent to an activating group) is 1. The molecule has 160 valence electrons. The summed E-state index contributed by atoms with van der Waals surface area (Å²) in [6, 6.07) is 3.60. The van der Waals surface area contributed by atoms with E-state index in [-0.39, 0.29) is 22.5 Å². The fraction of sp³-hybridized carbons (Fsp3) is 0.455. The van der Waals surface area contributed by atoms with E-state index in [0.717, 1.165) is 0 Å². The molecule has 0 unspecified atom stereocenters. The number of carbonyl (C=O) groups excluding carboxylic acids is 2. The molecule has 3 aliphatic carbocycles. The second-order valence-corrected chi connectivity index (χ2v) is 8.68. The smallest absolute Gasteiger partial charge is 0.202 e. The number of aliphatic hydroxyl groups is 4. The van der Waals surface area contributed by atoms with Gasteiger partial charge in [0, 0.05) is 17.1 Å². The molecule has 1 saturated carbocycles. The van der Waals surface area contributed by atoms with Gasteiger partial charge in [-0.15, -0.1) is 0 Å². The SMILES string of the molecule is CC1=C(O)[C@@]2(O)C(=O)C3=C(O)c4c(O)cccc4[C@H](C)[C@H]3[C@H](O)[C@H]2[C@H](N(C)C)C1=O. The quantitative estimate of drug-likeness (QED) is 0.458. The second-order valence-electron chi connectivity index (χ2n) is 8.68. The third kappa shape index (κ3) is 2.26. The Labute approximate surface area is 173 Å². The number of phenolic OH excluding ortho intramolecular Hbond substituents is 1. The highest BCUT2D eigenvalue weighted by Gasteiger charge is 2.67. The van der Waals surface area contributed by atoms with Crippen molar-refractivity contribution in [2.75, 3.05) is 14.1 Å². The Balaban J connectivity index is 2.04. The number of benzene rings is 1. The molecule has 8 heteroatoms. The summed E-state index contributed by atoms with van der Waals surface area (Å²) in [5.74, 6) is -5.82. The van der Waals surface area contributed by atoms with Crippen molar-refractivity contribution in [2.45, 2.75) is 37.5 Å². The van der Waals surface area contributed by atoms with E-state index < -0.39 is 58.6 Å². The number of Topliss-reactive ketones (excluding diaryl/α,β-unsaturated/α-hetero) is 2. The molecule has 1 aromatic rings. The standard InChI is InChI=1S/C22H25NO7/c1-8-10-6-5-7-11(24)13(10)18(26)14-12(8)19(27)15-16(23(3)4)17(25)9(2)20(28)22(15,30)21(14)29/h5-8,12,15-16,19,24,26-28,30H,1-4H3/t8-,12+,15+,16-,19-,22+/m0/s1. The lowest BCUT2D eigenvalue weighted by molar-refractivity contribution is -0.169. The Kier molecular flexibility index (Phi) is 4.40.